The lowest BCUT2D eigenvalue weighted by molar-refractivity contribution is 1.29. The molecule has 42 heavy (non-hydrogen) atoms. The highest BCUT2D eigenvalue weighted by Gasteiger charge is 2.12. The van der Waals surface area contributed by atoms with Crippen molar-refractivity contribution < 1.29 is 0 Å². The fraction of sp³-hybridized carbons (Fsp3) is 0. The Morgan fingerprint density at radius 3 is 1.38 bits per heavy atom. The number of aromatic nitrogens is 5. The monoisotopic (exact) mass is 537 g/mol. The van der Waals surface area contributed by atoms with E-state index in [-0.39, 0.29) is 0 Å². The van der Waals surface area contributed by atoms with Crippen LogP contribution in [0.25, 0.3) is 77.9 Å². The number of para-hydroxylation sites is 4. The van der Waals surface area contributed by atoms with E-state index >= 15 is 0 Å². The first-order valence-electron chi connectivity index (χ1n) is 13.8. The van der Waals surface area contributed by atoms with E-state index in [0.717, 1.165) is 77.9 Å². The van der Waals surface area contributed by atoms with Crippen LogP contribution in [0.3, 0.4) is 0 Å². The van der Waals surface area contributed by atoms with Crippen molar-refractivity contribution in [2.45, 2.75) is 0 Å². The van der Waals surface area contributed by atoms with Crippen LogP contribution in [-0.2, 0) is 0 Å². The summed E-state index contributed by atoms with van der Waals surface area (Å²) >= 11 is 0. The molecule has 0 aliphatic heterocycles. The van der Waals surface area contributed by atoms with Crippen LogP contribution in [-0.4, -0.2) is 24.9 Å². The Hall–Kier alpha value is -5.81. The smallest absolute Gasteiger partial charge is 0.0894 e. The minimum Gasteiger partial charge on any atom is -0.252 e. The Morgan fingerprint density at radius 1 is 0.357 bits per heavy atom. The summed E-state index contributed by atoms with van der Waals surface area (Å²) in [7, 11) is 0. The van der Waals surface area contributed by atoms with Crippen molar-refractivity contribution in [3.8, 4) is 45.0 Å². The van der Waals surface area contributed by atoms with Crippen LogP contribution in [0.5, 0.6) is 0 Å². The number of nitrogens with zero attached hydrogens (tertiary/aromatic N) is 5. The SMILES string of the molecule is c1ccc2c(-c3ccc(-c4cnc5ccccc5n4)cc3)nc(-c3ccc(-c4cnc5ccccc5n4)cc3)cc2c1. The Morgan fingerprint density at radius 2 is 0.810 bits per heavy atom. The molecule has 196 valence electrons. The van der Waals surface area contributed by atoms with Crippen LogP contribution in [0.2, 0.25) is 0 Å². The number of benzene rings is 5. The number of hydrogen-bond donors (Lipinski definition) is 0. The lowest BCUT2D eigenvalue weighted by Gasteiger charge is -2.11. The van der Waals surface area contributed by atoms with E-state index in [9.17, 15) is 0 Å². The molecule has 0 spiro atoms. The third kappa shape index (κ3) is 4.34. The molecule has 0 amide bonds. The van der Waals surface area contributed by atoms with E-state index in [1.54, 1.807) is 0 Å². The second-order valence-corrected chi connectivity index (χ2v) is 10.2. The highest BCUT2D eigenvalue weighted by molar-refractivity contribution is 5.97. The fourth-order valence-corrected chi connectivity index (χ4v) is 5.37. The van der Waals surface area contributed by atoms with Crippen molar-refractivity contribution in [1.29, 1.82) is 0 Å². The van der Waals surface area contributed by atoms with Gasteiger partial charge in [0.25, 0.3) is 0 Å². The zero-order valence-corrected chi connectivity index (χ0v) is 22.5. The van der Waals surface area contributed by atoms with Crippen molar-refractivity contribution >= 4 is 32.8 Å². The van der Waals surface area contributed by atoms with E-state index in [1.807, 2.05) is 60.9 Å². The van der Waals surface area contributed by atoms with Gasteiger partial charge in [-0.25, -0.2) is 15.0 Å². The second-order valence-electron chi connectivity index (χ2n) is 10.2. The summed E-state index contributed by atoms with van der Waals surface area (Å²) in [5.74, 6) is 0. The summed E-state index contributed by atoms with van der Waals surface area (Å²) in [5, 5.41) is 2.26. The van der Waals surface area contributed by atoms with Gasteiger partial charge in [-0.3, -0.25) is 9.97 Å². The van der Waals surface area contributed by atoms with Crippen LogP contribution in [0.15, 0.2) is 140 Å². The molecule has 0 aliphatic rings. The highest BCUT2D eigenvalue weighted by Crippen LogP contribution is 2.33. The normalized spacial score (nSPS) is 11.3. The molecule has 5 aromatic carbocycles. The number of fused-ring (bicyclic) bond motifs is 3. The van der Waals surface area contributed by atoms with E-state index in [4.69, 9.17) is 15.0 Å². The van der Waals surface area contributed by atoms with Crippen LogP contribution in [0.4, 0.5) is 0 Å². The van der Waals surface area contributed by atoms with Crippen molar-refractivity contribution in [2.24, 2.45) is 0 Å². The summed E-state index contributed by atoms with van der Waals surface area (Å²) < 4.78 is 0. The van der Waals surface area contributed by atoms with E-state index in [1.165, 1.54) is 0 Å². The first kappa shape index (κ1) is 24.0. The molecule has 0 bridgehead atoms. The first-order valence-corrected chi connectivity index (χ1v) is 13.8. The quantitative estimate of drug-likeness (QED) is 0.224. The summed E-state index contributed by atoms with van der Waals surface area (Å²) in [4.78, 5) is 23.9. The topological polar surface area (TPSA) is 64.5 Å². The maximum Gasteiger partial charge on any atom is 0.0894 e. The molecule has 0 fully saturated rings. The summed E-state index contributed by atoms with van der Waals surface area (Å²) in [6.07, 6.45) is 3.66. The highest BCUT2D eigenvalue weighted by atomic mass is 14.8. The molecule has 8 rings (SSSR count). The van der Waals surface area contributed by atoms with Gasteiger partial charge in [0.05, 0.1) is 57.2 Å². The molecule has 3 aromatic heterocycles. The molecule has 3 heterocycles. The van der Waals surface area contributed by atoms with Crippen molar-refractivity contribution in [3.63, 3.8) is 0 Å². The lowest BCUT2D eigenvalue weighted by atomic mass is 9.99. The Balaban J connectivity index is 1.16. The van der Waals surface area contributed by atoms with Crippen LogP contribution >= 0.6 is 0 Å². The van der Waals surface area contributed by atoms with Gasteiger partial charge in [-0.2, -0.15) is 0 Å². The molecule has 0 radical (unpaired) electrons. The maximum absolute atomic E-state index is 5.17. The molecule has 5 heteroatoms. The predicted molar refractivity (Wildman–Crippen MR) is 170 cm³/mol. The zero-order valence-electron chi connectivity index (χ0n) is 22.5. The zero-order chi connectivity index (χ0) is 27.9. The molecule has 0 unspecified atom stereocenters. The molecule has 8 aromatic rings. The molecule has 0 N–H and O–H groups in total. The minimum atomic E-state index is 0.850. The molecule has 0 saturated carbocycles. The Kier molecular flexibility index (Phi) is 5.71. The fourth-order valence-electron chi connectivity index (χ4n) is 5.37. The van der Waals surface area contributed by atoms with E-state index in [0.29, 0.717) is 0 Å². The van der Waals surface area contributed by atoms with Gasteiger partial charge in [-0.05, 0) is 35.7 Å². The molecule has 0 atom stereocenters. The summed E-state index contributed by atoms with van der Waals surface area (Å²) in [5.41, 5.74) is 11.3. The lowest BCUT2D eigenvalue weighted by Crippen LogP contribution is -1.93. The van der Waals surface area contributed by atoms with Crippen LogP contribution in [0, 0.1) is 0 Å². The molecular weight excluding hydrogens is 514 g/mol. The van der Waals surface area contributed by atoms with Crippen molar-refractivity contribution in [3.05, 3.63) is 140 Å². The van der Waals surface area contributed by atoms with E-state index < -0.39 is 0 Å². The van der Waals surface area contributed by atoms with Gasteiger partial charge in [0.15, 0.2) is 0 Å². The third-order valence-electron chi connectivity index (χ3n) is 7.57. The summed E-state index contributed by atoms with van der Waals surface area (Å²) in [6.45, 7) is 0. The minimum absolute atomic E-state index is 0.850. The maximum atomic E-state index is 5.17. The average molecular weight is 538 g/mol. The Bertz CT molecular complexity index is 2240. The molecular formula is C37H23N5. The van der Waals surface area contributed by atoms with Gasteiger partial charge in [-0.15, -0.1) is 0 Å². The summed E-state index contributed by atoms with van der Waals surface area (Å²) in [6, 6.07) is 43.2. The van der Waals surface area contributed by atoms with Crippen LogP contribution < -0.4 is 0 Å². The number of hydrogen-bond acceptors (Lipinski definition) is 5. The van der Waals surface area contributed by atoms with Gasteiger partial charge in [0.2, 0.25) is 0 Å². The first-order chi connectivity index (χ1) is 20.8. The van der Waals surface area contributed by atoms with Gasteiger partial charge in [-0.1, -0.05) is 97.1 Å². The Labute approximate surface area is 242 Å². The molecule has 5 nitrogen and oxygen atoms in total. The molecule has 0 saturated heterocycles. The standard InChI is InChI=1S/C37H23N5/c1-2-8-29-28(7-1)21-34(24-13-15-25(16-14-24)35-22-38-30-9-3-5-11-32(30)40-35)42-37(29)27-19-17-26(18-20-27)36-23-39-31-10-4-6-12-33(31)41-36/h1-23H. The third-order valence-corrected chi connectivity index (χ3v) is 7.57. The van der Waals surface area contributed by atoms with Gasteiger partial charge < -0.3 is 0 Å². The van der Waals surface area contributed by atoms with Crippen molar-refractivity contribution in [2.75, 3.05) is 0 Å². The van der Waals surface area contributed by atoms with Crippen molar-refractivity contribution in [1.82, 2.24) is 24.9 Å². The van der Waals surface area contributed by atoms with E-state index in [2.05, 4.69) is 88.8 Å². The molecule has 0 aliphatic carbocycles. The van der Waals surface area contributed by atoms with Crippen LogP contribution in [0.1, 0.15) is 0 Å². The number of pyridine rings is 1. The number of rotatable bonds is 4. The second kappa shape index (κ2) is 9.98. The van der Waals surface area contributed by atoms with Gasteiger partial charge >= 0.3 is 0 Å². The predicted octanol–water partition coefficient (Wildman–Crippen LogP) is 8.79. The largest absolute Gasteiger partial charge is 0.252 e. The van der Waals surface area contributed by atoms with Gasteiger partial charge in [0, 0.05) is 27.6 Å². The average Bonchev–Trinajstić information content (AvgIpc) is 3.07. The van der Waals surface area contributed by atoms with Gasteiger partial charge in [0.1, 0.15) is 0 Å².